The molecule has 2 aromatic rings. The number of benzene rings is 1. The first-order chi connectivity index (χ1) is 16.9. The molecule has 4 rings (SSSR count). The number of hydrogen-bond acceptors (Lipinski definition) is 6. The number of hydrogen-bond donors (Lipinski definition) is 0. The van der Waals surface area contributed by atoms with Crippen molar-refractivity contribution in [3.05, 3.63) is 65.2 Å². The zero-order valence-electron chi connectivity index (χ0n) is 20.1. The van der Waals surface area contributed by atoms with Gasteiger partial charge in [-0.3, -0.25) is 19.3 Å². The molecule has 0 spiro atoms. The lowest BCUT2D eigenvalue weighted by Gasteiger charge is -2.38. The molecule has 35 heavy (non-hydrogen) atoms. The van der Waals surface area contributed by atoms with E-state index in [1.165, 1.54) is 17.8 Å². The van der Waals surface area contributed by atoms with Gasteiger partial charge in [-0.05, 0) is 56.0 Å². The summed E-state index contributed by atoms with van der Waals surface area (Å²) >= 11 is 1.28. The fourth-order valence-corrected chi connectivity index (χ4v) is 5.55. The van der Waals surface area contributed by atoms with Crippen LogP contribution in [0.25, 0.3) is 6.08 Å². The first-order valence-electron chi connectivity index (χ1n) is 12.1. The van der Waals surface area contributed by atoms with Crippen molar-refractivity contribution in [3.8, 4) is 0 Å². The summed E-state index contributed by atoms with van der Waals surface area (Å²) in [4.78, 5) is 39.4. The average Bonchev–Trinajstić information content (AvgIpc) is 3.58. The van der Waals surface area contributed by atoms with E-state index >= 15 is 0 Å². The van der Waals surface area contributed by atoms with E-state index in [0.29, 0.717) is 31.7 Å². The summed E-state index contributed by atoms with van der Waals surface area (Å²) < 4.78 is 21.7. The van der Waals surface area contributed by atoms with E-state index in [1.807, 2.05) is 33.9 Å². The first kappa shape index (κ1) is 25.4. The number of likely N-dealkylation sites (tertiary alicyclic amines) is 1. The molecule has 1 aromatic heterocycles. The lowest BCUT2D eigenvalue weighted by atomic mass is 9.93. The van der Waals surface area contributed by atoms with E-state index in [0.717, 1.165) is 24.1 Å². The predicted molar refractivity (Wildman–Crippen MR) is 134 cm³/mol. The van der Waals surface area contributed by atoms with Crippen LogP contribution in [0.3, 0.4) is 0 Å². The number of nitrogens with zero attached hydrogens (tertiary/aromatic N) is 2. The molecule has 2 aliphatic rings. The normalized spacial score (nSPS) is 20.5. The maximum atomic E-state index is 14.8. The van der Waals surface area contributed by atoms with Crippen LogP contribution in [-0.4, -0.2) is 51.3 Å². The quantitative estimate of drug-likeness (QED) is 0.469. The number of esters is 1. The van der Waals surface area contributed by atoms with Crippen molar-refractivity contribution in [2.45, 2.75) is 50.9 Å². The average molecular weight is 499 g/mol. The number of halogens is 1. The Labute approximate surface area is 209 Å². The summed E-state index contributed by atoms with van der Waals surface area (Å²) in [5.74, 6) is -0.644. The van der Waals surface area contributed by atoms with Crippen molar-refractivity contribution in [2.75, 3.05) is 19.7 Å². The minimum atomic E-state index is -0.651. The molecule has 1 aromatic carbocycles. The number of aromatic nitrogens is 1. The number of piperidine rings is 1. The van der Waals surface area contributed by atoms with Gasteiger partial charge in [0.05, 0.1) is 12.6 Å². The van der Waals surface area contributed by atoms with Crippen LogP contribution >= 0.6 is 11.8 Å². The van der Waals surface area contributed by atoms with Crippen LogP contribution in [0, 0.1) is 11.7 Å². The maximum Gasteiger partial charge on any atom is 0.325 e. The molecular formula is C27H31FN2O4S. The third-order valence-corrected chi connectivity index (χ3v) is 7.56. The highest BCUT2D eigenvalue weighted by molar-refractivity contribution is 8.14. The molecule has 0 radical (unpaired) electrons. The van der Waals surface area contributed by atoms with Crippen LogP contribution in [0.5, 0.6) is 0 Å². The van der Waals surface area contributed by atoms with Crippen molar-refractivity contribution in [1.82, 2.24) is 9.47 Å². The molecule has 0 N–H and O–H groups in total. The predicted octanol–water partition coefficient (Wildman–Crippen LogP) is 4.65. The second-order valence-electron chi connectivity index (χ2n) is 9.04. The highest BCUT2D eigenvalue weighted by Crippen LogP contribution is 2.40. The lowest BCUT2D eigenvalue weighted by Crippen LogP contribution is -2.43. The van der Waals surface area contributed by atoms with E-state index in [1.54, 1.807) is 32.0 Å². The molecule has 1 saturated carbocycles. The van der Waals surface area contributed by atoms with Gasteiger partial charge in [-0.15, -0.1) is 0 Å². The number of ether oxygens (including phenoxy) is 1. The standard InChI is InChI=1S/C27H31FN2O4S/c1-3-34-25(32)17-29-13-6-7-21(29)15-20-16-30(14-12-24(20)35-18(2)31)26(27(33)19-10-11-19)22-8-4-5-9-23(22)28/h4-9,13,15,19,24,26H,3,10-12,14,16-17H2,1-2H3. The third kappa shape index (κ3) is 6.30. The van der Waals surface area contributed by atoms with Gasteiger partial charge in [-0.1, -0.05) is 30.0 Å². The molecule has 2 fully saturated rings. The van der Waals surface area contributed by atoms with E-state index in [9.17, 15) is 18.8 Å². The summed E-state index contributed by atoms with van der Waals surface area (Å²) in [6, 6.07) is 9.62. The van der Waals surface area contributed by atoms with Crippen LogP contribution in [-0.2, 0) is 25.7 Å². The summed E-state index contributed by atoms with van der Waals surface area (Å²) in [5.41, 5.74) is 2.21. The molecule has 6 nitrogen and oxygen atoms in total. The van der Waals surface area contributed by atoms with Crippen molar-refractivity contribution in [2.24, 2.45) is 5.92 Å². The Hall–Kier alpha value is -2.71. The van der Waals surface area contributed by atoms with Gasteiger partial charge in [0.25, 0.3) is 0 Å². The van der Waals surface area contributed by atoms with Crippen LogP contribution < -0.4 is 0 Å². The number of carbonyl (C=O) groups excluding carboxylic acids is 3. The molecule has 1 aliphatic heterocycles. The molecule has 2 atom stereocenters. The van der Waals surface area contributed by atoms with Crippen LogP contribution in [0.15, 0.2) is 48.2 Å². The monoisotopic (exact) mass is 498 g/mol. The van der Waals surface area contributed by atoms with Gasteiger partial charge in [0.1, 0.15) is 12.4 Å². The molecule has 2 unspecified atom stereocenters. The Morgan fingerprint density at radius 1 is 1.17 bits per heavy atom. The Balaban J connectivity index is 1.65. The highest BCUT2D eigenvalue weighted by Gasteiger charge is 2.41. The summed E-state index contributed by atoms with van der Waals surface area (Å²) in [7, 11) is 0. The minimum absolute atomic E-state index is 0.0156. The Morgan fingerprint density at radius 3 is 2.63 bits per heavy atom. The SMILES string of the molecule is CCOC(=O)Cn1cccc1C=C1CN(C(C(=O)C2CC2)c2ccccc2F)CCC1SC(C)=O. The summed E-state index contributed by atoms with van der Waals surface area (Å²) in [5, 5.41) is -0.0250. The van der Waals surface area contributed by atoms with Crippen molar-refractivity contribution < 1.29 is 23.5 Å². The van der Waals surface area contributed by atoms with Gasteiger partial charge in [-0.25, -0.2) is 4.39 Å². The molecule has 186 valence electrons. The summed E-state index contributed by atoms with van der Waals surface area (Å²) in [6.07, 6.45) is 6.17. The number of rotatable bonds is 9. The highest BCUT2D eigenvalue weighted by atomic mass is 32.2. The molecule has 2 heterocycles. The fraction of sp³-hybridized carbons (Fsp3) is 0.444. The van der Waals surface area contributed by atoms with Crippen molar-refractivity contribution >= 4 is 34.7 Å². The smallest absolute Gasteiger partial charge is 0.325 e. The second kappa shape index (κ2) is 11.4. The molecule has 1 saturated heterocycles. The lowest BCUT2D eigenvalue weighted by molar-refractivity contribution is -0.143. The topological polar surface area (TPSA) is 68.6 Å². The van der Waals surface area contributed by atoms with Crippen molar-refractivity contribution in [1.29, 1.82) is 0 Å². The van der Waals surface area contributed by atoms with Crippen LogP contribution in [0.1, 0.15) is 50.4 Å². The van der Waals surface area contributed by atoms with Gasteiger partial charge in [0.15, 0.2) is 10.9 Å². The Bertz CT molecular complexity index is 1120. The Kier molecular flexibility index (Phi) is 8.23. The Morgan fingerprint density at radius 2 is 1.94 bits per heavy atom. The molecular weight excluding hydrogens is 467 g/mol. The van der Waals surface area contributed by atoms with Gasteiger partial charge >= 0.3 is 5.97 Å². The minimum Gasteiger partial charge on any atom is -0.465 e. The van der Waals surface area contributed by atoms with Crippen LogP contribution in [0.2, 0.25) is 0 Å². The summed E-state index contributed by atoms with van der Waals surface area (Å²) in [6.45, 7) is 4.75. The zero-order valence-corrected chi connectivity index (χ0v) is 20.9. The number of Topliss-reactive ketones (excluding diaryl/α,β-unsaturated/α-hetero) is 1. The fourth-order valence-electron chi connectivity index (χ4n) is 4.63. The largest absolute Gasteiger partial charge is 0.465 e. The number of thioether (sulfide) groups is 1. The molecule has 1 aliphatic carbocycles. The van der Waals surface area contributed by atoms with E-state index in [-0.39, 0.29) is 40.4 Å². The van der Waals surface area contributed by atoms with Gasteiger partial charge in [0, 0.05) is 48.6 Å². The van der Waals surface area contributed by atoms with E-state index in [4.69, 9.17) is 4.74 Å². The molecule has 0 bridgehead atoms. The van der Waals surface area contributed by atoms with Gasteiger partial charge in [-0.2, -0.15) is 0 Å². The third-order valence-electron chi connectivity index (χ3n) is 6.40. The van der Waals surface area contributed by atoms with Gasteiger partial charge < -0.3 is 9.30 Å². The zero-order chi connectivity index (χ0) is 24.9. The molecule has 8 heteroatoms. The first-order valence-corrected chi connectivity index (χ1v) is 13.0. The number of ketones is 1. The molecule has 0 amide bonds. The van der Waals surface area contributed by atoms with Crippen LogP contribution in [0.4, 0.5) is 4.39 Å². The number of carbonyl (C=O) groups is 3. The van der Waals surface area contributed by atoms with E-state index in [2.05, 4.69) is 0 Å². The van der Waals surface area contributed by atoms with E-state index < -0.39 is 6.04 Å². The van der Waals surface area contributed by atoms with Crippen molar-refractivity contribution in [3.63, 3.8) is 0 Å². The second-order valence-corrected chi connectivity index (χ2v) is 10.4. The van der Waals surface area contributed by atoms with Gasteiger partial charge in [0.2, 0.25) is 0 Å². The maximum absolute atomic E-state index is 14.8.